The van der Waals surface area contributed by atoms with Gasteiger partial charge in [0.2, 0.25) is 0 Å². The Kier molecular flexibility index (Phi) is 6.99. The van der Waals surface area contributed by atoms with Crippen molar-refractivity contribution in [2.45, 2.75) is 25.7 Å². The van der Waals surface area contributed by atoms with Gasteiger partial charge in [-0.1, -0.05) is 74.0 Å². The van der Waals surface area contributed by atoms with Gasteiger partial charge in [-0.05, 0) is 17.0 Å². The SMILES string of the molecule is [CH2-]CCC(C)C(c1ccccc1)c1ccccc1.[Li+]. The van der Waals surface area contributed by atoms with E-state index >= 15 is 0 Å². The fraction of sp³-hybridized carbons (Fsp3) is 0.278. The zero-order chi connectivity index (χ0) is 12.8. The van der Waals surface area contributed by atoms with Gasteiger partial charge in [-0.25, -0.2) is 0 Å². The van der Waals surface area contributed by atoms with E-state index in [-0.39, 0.29) is 18.9 Å². The van der Waals surface area contributed by atoms with Gasteiger partial charge in [0.05, 0.1) is 0 Å². The monoisotopic (exact) mass is 244 g/mol. The first-order valence-corrected chi connectivity index (χ1v) is 6.72. The van der Waals surface area contributed by atoms with Gasteiger partial charge in [0.25, 0.3) is 0 Å². The van der Waals surface area contributed by atoms with E-state index in [9.17, 15) is 0 Å². The van der Waals surface area contributed by atoms with Crippen LogP contribution in [0.1, 0.15) is 36.8 Å². The second-order valence-corrected chi connectivity index (χ2v) is 4.92. The molecule has 0 aliphatic carbocycles. The summed E-state index contributed by atoms with van der Waals surface area (Å²) in [5, 5.41) is 0. The molecule has 0 nitrogen and oxygen atoms in total. The van der Waals surface area contributed by atoms with E-state index in [2.05, 4.69) is 74.5 Å². The fourth-order valence-corrected chi connectivity index (χ4v) is 2.66. The van der Waals surface area contributed by atoms with Crippen molar-refractivity contribution < 1.29 is 18.9 Å². The second kappa shape index (κ2) is 8.26. The van der Waals surface area contributed by atoms with E-state index in [1.807, 2.05) is 0 Å². The van der Waals surface area contributed by atoms with Crippen molar-refractivity contribution in [2.75, 3.05) is 0 Å². The Morgan fingerprint density at radius 1 is 0.842 bits per heavy atom. The van der Waals surface area contributed by atoms with Crippen LogP contribution in [0.4, 0.5) is 0 Å². The number of benzene rings is 2. The minimum atomic E-state index is 0. The van der Waals surface area contributed by atoms with Gasteiger partial charge in [0.1, 0.15) is 0 Å². The molecule has 2 aromatic carbocycles. The van der Waals surface area contributed by atoms with Crippen molar-refractivity contribution in [1.82, 2.24) is 0 Å². The number of hydrogen-bond donors (Lipinski definition) is 0. The second-order valence-electron chi connectivity index (χ2n) is 4.92. The average Bonchev–Trinajstić information content (AvgIpc) is 2.42. The van der Waals surface area contributed by atoms with E-state index in [0.29, 0.717) is 11.8 Å². The number of rotatable bonds is 5. The van der Waals surface area contributed by atoms with Crippen LogP contribution in [-0.4, -0.2) is 0 Å². The molecule has 1 heteroatoms. The Morgan fingerprint density at radius 3 is 1.63 bits per heavy atom. The molecule has 2 aromatic rings. The third kappa shape index (κ3) is 4.27. The van der Waals surface area contributed by atoms with E-state index < -0.39 is 0 Å². The molecule has 0 fully saturated rings. The van der Waals surface area contributed by atoms with Crippen LogP contribution >= 0.6 is 0 Å². The third-order valence-corrected chi connectivity index (χ3v) is 3.55. The molecule has 94 valence electrons. The smallest absolute Gasteiger partial charge is 0.343 e. The molecule has 0 radical (unpaired) electrons. The Morgan fingerprint density at radius 2 is 1.26 bits per heavy atom. The van der Waals surface area contributed by atoms with E-state index in [1.165, 1.54) is 11.1 Å². The van der Waals surface area contributed by atoms with Crippen LogP contribution in [0.2, 0.25) is 0 Å². The van der Waals surface area contributed by atoms with Crippen LogP contribution in [0.5, 0.6) is 0 Å². The molecule has 0 N–H and O–H groups in total. The average molecular weight is 244 g/mol. The van der Waals surface area contributed by atoms with E-state index in [4.69, 9.17) is 0 Å². The summed E-state index contributed by atoms with van der Waals surface area (Å²) in [7, 11) is 0. The topological polar surface area (TPSA) is 0 Å². The molecule has 0 spiro atoms. The summed E-state index contributed by atoms with van der Waals surface area (Å²) >= 11 is 0. The van der Waals surface area contributed by atoms with Crippen molar-refractivity contribution in [2.24, 2.45) is 5.92 Å². The maximum atomic E-state index is 4.00. The van der Waals surface area contributed by atoms with Gasteiger partial charge in [-0.2, -0.15) is 6.42 Å². The summed E-state index contributed by atoms with van der Waals surface area (Å²) in [6.45, 7) is 6.32. The van der Waals surface area contributed by atoms with E-state index in [1.54, 1.807) is 0 Å². The van der Waals surface area contributed by atoms with Crippen molar-refractivity contribution in [1.29, 1.82) is 0 Å². The van der Waals surface area contributed by atoms with Crippen LogP contribution in [0.25, 0.3) is 0 Å². The minimum absolute atomic E-state index is 0. The predicted molar refractivity (Wildman–Crippen MR) is 78.5 cm³/mol. The minimum Gasteiger partial charge on any atom is -0.343 e. The van der Waals surface area contributed by atoms with Crippen LogP contribution in [0.3, 0.4) is 0 Å². The first kappa shape index (κ1) is 16.1. The maximum absolute atomic E-state index is 4.00. The summed E-state index contributed by atoms with van der Waals surface area (Å²) in [5.41, 5.74) is 2.81. The Balaban J connectivity index is 0.00000180. The summed E-state index contributed by atoms with van der Waals surface area (Å²) in [4.78, 5) is 0. The van der Waals surface area contributed by atoms with Crippen molar-refractivity contribution in [3.8, 4) is 0 Å². The normalized spacial score (nSPS) is 11.9. The maximum Gasteiger partial charge on any atom is 1.00 e. The Hall–Kier alpha value is -0.963. The van der Waals surface area contributed by atoms with Crippen LogP contribution < -0.4 is 18.9 Å². The van der Waals surface area contributed by atoms with E-state index in [0.717, 1.165) is 12.8 Å². The van der Waals surface area contributed by atoms with Crippen LogP contribution in [-0.2, 0) is 0 Å². The van der Waals surface area contributed by atoms with Gasteiger partial charge < -0.3 is 6.92 Å². The Labute approximate surface area is 129 Å². The summed E-state index contributed by atoms with van der Waals surface area (Å²) in [6.07, 6.45) is 2.16. The van der Waals surface area contributed by atoms with Crippen molar-refractivity contribution >= 4 is 0 Å². The molecule has 0 bridgehead atoms. The molecule has 0 aromatic heterocycles. The molecule has 1 unspecified atom stereocenters. The van der Waals surface area contributed by atoms with Crippen molar-refractivity contribution in [3.05, 3.63) is 78.7 Å². The molecular formula is C18H21Li. The summed E-state index contributed by atoms with van der Waals surface area (Å²) in [6, 6.07) is 21.6. The van der Waals surface area contributed by atoms with Crippen LogP contribution in [0.15, 0.2) is 60.7 Å². The summed E-state index contributed by atoms with van der Waals surface area (Å²) in [5.74, 6) is 1.10. The number of hydrogen-bond acceptors (Lipinski definition) is 0. The Bertz CT molecular complexity index is 410. The molecule has 1 atom stereocenters. The quantitative estimate of drug-likeness (QED) is 0.558. The predicted octanol–water partition coefficient (Wildman–Crippen LogP) is 2.07. The van der Waals surface area contributed by atoms with Crippen LogP contribution in [0, 0.1) is 12.8 Å². The molecular weight excluding hydrogens is 223 g/mol. The summed E-state index contributed by atoms with van der Waals surface area (Å²) < 4.78 is 0. The van der Waals surface area contributed by atoms with Gasteiger partial charge in [-0.3, -0.25) is 0 Å². The van der Waals surface area contributed by atoms with Gasteiger partial charge >= 0.3 is 18.9 Å². The van der Waals surface area contributed by atoms with Gasteiger partial charge in [0, 0.05) is 5.92 Å². The van der Waals surface area contributed by atoms with Crippen molar-refractivity contribution in [3.63, 3.8) is 0 Å². The molecule has 0 aliphatic rings. The zero-order valence-electron chi connectivity index (χ0n) is 12.0. The van der Waals surface area contributed by atoms with Gasteiger partial charge in [-0.15, -0.1) is 0 Å². The molecule has 0 saturated heterocycles. The largest absolute Gasteiger partial charge is 1.00 e. The molecule has 0 heterocycles. The fourth-order valence-electron chi connectivity index (χ4n) is 2.66. The third-order valence-electron chi connectivity index (χ3n) is 3.55. The standard InChI is InChI=1S/C18H21.Li/c1-3-10-15(2)18(16-11-6-4-7-12-16)17-13-8-5-9-14-17;/h4-9,11-15,18H,1,3,10H2,2H3;/q-1;+1. The molecule has 2 rings (SSSR count). The molecule has 0 saturated carbocycles. The molecule has 0 aliphatic heterocycles. The zero-order valence-corrected chi connectivity index (χ0v) is 12.0. The molecule has 0 amide bonds. The van der Waals surface area contributed by atoms with Gasteiger partial charge in [0.15, 0.2) is 0 Å². The molecule has 19 heavy (non-hydrogen) atoms. The first-order chi connectivity index (χ1) is 8.83. The first-order valence-electron chi connectivity index (χ1n) is 6.72.